The fourth-order valence-corrected chi connectivity index (χ4v) is 2.14. The fourth-order valence-electron chi connectivity index (χ4n) is 2.14. The fraction of sp³-hybridized carbons (Fsp3) is 0.375. The molecule has 0 bridgehead atoms. The van der Waals surface area contributed by atoms with Gasteiger partial charge in [-0.3, -0.25) is 0 Å². The molecule has 0 aliphatic heterocycles. The molecule has 0 unspecified atom stereocenters. The smallest absolute Gasteiger partial charge is 0.158 e. The molecule has 1 heterocycles. The number of anilines is 3. The molecule has 112 valence electrons. The Kier molecular flexibility index (Phi) is 5.51. The Bertz CT molecular complexity index is 559. The standard InChI is InChI=1S/C16H22N4O/c1-3-4-10-20(13-8-6-5-7-9-13)16-11-14(17)18-15(19-16)12-21-2/h5-9,11H,3-4,10,12H2,1-2H3,(H2,17,18,19). The van der Waals surface area contributed by atoms with Gasteiger partial charge in [0.15, 0.2) is 5.82 Å². The first-order valence-corrected chi connectivity index (χ1v) is 7.19. The maximum absolute atomic E-state index is 5.90. The second kappa shape index (κ2) is 7.59. The highest BCUT2D eigenvalue weighted by Gasteiger charge is 2.12. The summed E-state index contributed by atoms with van der Waals surface area (Å²) in [6.07, 6.45) is 2.20. The number of nitrogen functional groups attached to an aromatic ring is 1. The minimum atomic E-state index is 0.356. The summed E-state index contributed by atoms with van der Waals surface area (Å²) in [4.78, 5) is 10.9. The second-order valence-electron chi connectivity index (χ2n) is 4.84. The van der Waals surface area contributed by atoms with Crippen molar-refractivity contribution in [3.05, 3.63) is 42.2 Å². The van der Waals surface area contributed by atoms with E-state index < -0.39 is 0 Å². The molecule has 21 heavy (non-hydrogen) atoms. The number of hydrogen-bond donors (Lipinski definition) is 1. The first-order valence-electron chi connectivity index (χ1n) is 7.19. The highest BCUT2D eigenvalue weighted by Crippen LogP contribution is 2.25. The van der Waals surface area contributed by atoms with Crippen molar-refractivity contribution in [1.29, 1.82) is 0 Å². The zero-order valence-corrected chi connectivity index (χ0v) is 12.6. The van der Waals surface area contributed by atoms with Gasteiger partial charge in [-0.15, -0.1) is 0 Å². The van der Waals surface area contributed by atoms with Gasteiger partial charge >= 0.3 is 0 Å². The number of nitrogens with two attached hydrogens (primary N) is 1. The number of nitrogens with zero attached hydrogens (tertiary/aromatic N) is 3. The van der Waals surface area contributed by atoms with E-state index in [1.54, 1.807) is 7.11 Å². The lowest BCUT2D eigenvalue weighted by Gasteiger charge is -2.24. The average molecular weight is 286 g/mol. The van der Waals surface area contributed by atoms with Gasteiger partial charge in [-0.2, -0.15) is 0 Å². The van der Waals surface area contributed by atoms with Crippen molar-refractivity contribution in [3.63, 3.8) is 0 Å². The van der Waals surface area contributed by atoms with Crippen molar-refractivity contribution in [2.24, 2.45) is 0 Å². The van der Waals surface area contributed by atoms with Crippen LogP contribution in [0.25, 0.3) is 0 Å². The molecule has 0 atom stereocenters. The van der Waals surface area contributed by atoms with Crippen LogP contribution in [0.5, 0.6) is 0 Å². The van der Waals surface area contributed by atoms with Gasteiger partial charge in [0, 0.05) is 25.4 Å². The number of para-hydroxylation sites is 1. The maximum atomic E-state index is 5.90. The Hall–Kier alpha value is -2.14. The van der Waals surface area contributed by atoms with Gasteiger partial charge in [0.25, 0.3) is 0 Å². The highest BCUT2D eigenvalue weighted by molar-refractivity contribution is 5.61. The van der Waals surface area contributed by atoms with Gasteiger partial charge in [-0.25, -0.2) is 9.97 Å². The maximum Gasteiger partial charge on any atom is 0.158 e. The molecular formula is C16H22N4O. The van der Waals surface area contributed by atoms with Crippen molar-refractivity contribution in [2.75, 3.05) is 24.3 Å². The molecule has 0 saturated carbocycles. The van der Waals surface area contributed by atoms with E-state index in [4.69, 9.17) is 10.5 Å². The molecule has 5 nitrogen and oxygen atoms in total. The zero-order valence-electron chi connectivity index (χ0n) is 12.6. The summed E-state index contributed by atoms with van der Waals surface area (Å²) in [6.45, 7) is 3.42. The van der Waals surface area contributed by atoms with Crippen LogP contribution in [0.15, 0.2) is 36.4 Å². The molecule has 0 saturated heterocycles. The third-order valence-corrected chi connectivity index (χ3v) is 3.13. The lowest BCUT2D eigenvalue weighted by Crippen LogP contribution is -2.20. The molecule has 1 aromatic carbocycles. The second-order valence-corrected chi connectivity index (χ2v) is 4.84. The van der Waals surface area contributed by atoms with Gasteiger partial charge in [0.2, 0.25) is 0 Å². The van der Waals surface area contributed by atoms with E-state index in [9.17, 15) is 0 Å². The molecule has 0 fully saturated rings. The first kappa shape index (κ1) is 15.3. The van der Waals surface area contributed by atoms with Crippen LogP contribution in [-0.4, -0.2) is 23.6 Å². The number of ether oxygens (including phenoxy) is 1. The minimum Gasteiger partial charge on any atom is -0.384 e. The van der Waals surface area contributed by atoms with Crippen molar-refractivity contribution in [2.45, 2.75) is 26.4 Å². The van der Waals surface area contributed by atoms with Crippen LogP contribution < -0.4 is 10.6 Å². The number of aromatic nitrogens is 2. The number of benzene rings is 1. The lowest BCUT2D eigenvalue weighted by atomic mass is 10.2. The minimum absolute atomic E-state index is 0.356. The molecule has 5 heteroatoms. The quantitative estimate of drug-likeness (QED) is 0.847. The van der Waals surface area contributed by atoms with Crippen molar-refractivity contribution in [1.82, 2.24) is 9.97 Å². The molecule has 2 rings (SSSR count). The van der Waals surface area contributed by atoms with Gasteiger partial charge < -0.3 is 15.4 Å². The Labute approximate surface area is 125 Å². The summed E-state index contributed by atoms with van der Waals surface area (Å²) in [7, 11) is 1.62. The van der Waals surface area contributed by atoms with Crippen LogP contribution in [0.4, 0.5) is 17.3 Å². The van der Waals surface area contributed by atoms with E-state index in [1.165, 1.54) is 0 Å². The van der Waals surface area contributed by atoms with E-state index in [0.717, 1.165) is 30.9 Å². The topological polar surface area (TPSA) is 64.3 Å². The van der Waals surface area contributed by atoms with Gasteiger partial charge in [0.05, 0.1) is 0 Å². The Morgan fingerprint density at radius 1 is 1.19 bits per heavy atom. The summed E-state index contributed by atoms with van der Waals surface area (Å²) in [5.41, 5.74) is 7.00. The van der Waals surface area contributed by atoms with Crippen molar-refractivity contribution < 1.29 is 4.74 Å². The predicted molar refractivity (Wildman–Crippen MR) is 85.5 cm³/mol. The van der Waals surface area contributed by atoms with Crippen LogP contribution >= 0.6 is 0 Å². The average Bonchev–Trinajstić information content (AvgIpc) is 2.48. The molecule has 0 spiro atoms. The third-order valence-electron chi connectivity index (χ3n) is 3.13. The molecule has 0 amide bonds. The third kappa shape index (κ3) is 4.16. The van der Waals surface area contributed by atoms with E-state index in [2.05, 4.69) is 33.9 Å². The SMILES string of the molecule is CCCCN(c1ccccc1)c1cc(N)nc(COC)n1. The first-order chi connectivity index (χ1) is 10.2. The number of rotatable bonds is 7. The van der Waals surface area contributed by atoms with E-state index >= 15 is 0 Å². The van der Waals surface area contributed by atoms with Gasteiger partial charge in [0.1, 0.15) is 18.2 Å². The number of unbranched alkanes of at least 4 members (excludes halogenated alkanes) is 1. The molecule has 0 aliphatic rings. The number of hydrogen-bond acceptors (Lipinski definition) is 5. The van der Waals surface area contributed by atoms with E-state index in [-0.39, 0.29) is 0 Å². The Morgan fingerprint density at radius 3 is 2.62 bits per heavy atom. The largest absolute Gasteiger partial charge is 0.384 e. The molecule has 0 aliphatic carbocycles. The van der Waals surface area contributed by atoms with Gasteiger partial charge in [-0.05, 0) is 18.6 Å². The molecule has 0 radical (unpaired) electrons. The summed E-state index contributed by atoms with van der Waals surface area (Å²) in [5.74, 6) is 1.88. The van der Waals surface area contributed by atoms with E-state index in [1.807, 2.05) is 24.3 Å². The van der Waals surface area contributed by atoms with Crippen molar-refractivity contribution in [3.8, 4) is 0 Å². The van der Waals surface area contributed by atoms with Crippen molar-refractivity contribution >= 4 is 17.3 Å². The monoisotopic (exact) mass is 286 g/mol. The Morgan fingerprint density at radius 2 is 1.95 bits per heavy atom. The van der Waals surface area contributed by atoms with Crippen LogP contribution in [0.2, 0.25) is 0 Å². The predicted octanol–water partition coefficient (Wildman–Crippen LogP) is 3.14. The number of methoxy groups -OCH3 is 1. The molecular weight excluding hydrogens is 264 g/mol. The van der Waals surface area contributed by atoms with Gasteiger partial charge in [-0.1, -0.05) is 31.5 Å². The van der Waals surface area contributed by atoms with Crippen LogP contribution in [-0.2, 0) is 11.3 Å². The molecule has 2 aromatic rings. The Balaban J connectivity index is 2.36. The summed E-state index contributed by atoms with van der Waals surface area (Å²) in [5, 5.41) is 0. The lowest BCUT2D eigenvalue weighted by molar-refractivity contribution is 0.178. The molecule has 1 aromatic heterocycles. The summed E-state index contributed by atoms with van der Waals surface area (Å²) >= 11 is 0. The van der Waals surface area contributed by atoms with Crippen LogP contribution in [0, 0.1) is 0 Å². The highest BCUT2D eigenvalue weighted by atomic mass is 16.5. The zero-order chi connectivity index (χ0) is 15.1. The normalized spacial score (nSPS) is 10.6. The van der Waals surface area contributed by atoms with Crippen LogP contribution in [0.3, 0.4) is 0 Å². The van der Waals surface area contributed by atoms with E-state index in [0.29, 0.717) is 18.2 Å². The van der Waals surface area contributed by atoms with Crippen LogP contribution in [0.1, 0.15) is 25.6 Å². The summed E-state index contributed by atoms with van der Waals surface area (Å²) < 4.78 is 5.11. The molecule has 2 N–H and O–H groups in total. The summed E-state index contributed by atoms with van der Waals surface area (Å²) in [6, 6.07) is 12.0.